The van der Waals surface area contributed by atoms with Crippen LogP contribution < -0.4 is 4.74 Å². The maximum Gasteiger partial charge on any atom is 0.300 e. The van der Waals surface area contributed by atoms with Crippen LogP contribution in [0.3, 0.4) is 0 Å². The van der Waals surface area contributed by atoms with E-state index in [2.05, 4.69) is 41.5 Å². The Labute approximate surface area is 238 Å². The molecule has 0 saturated carbocycles. The smallest absolute Gasteiger partial charge is 0.300 e. The van der Waals surface area contributed by atoms with Crippen molar-refractivity contribution in [2.24, 2.45) is 17.8 Å². The van der Waals surface area contributed by atoms with Crippen molar-refractivity contribution in [3.63, 3.8) is 0 Å². The minimum atomic E-state index is -0.833. The summed E-state index contributed by atoms with van der Waals surface area (Å²) in [5, 5.41) is 25.2. The summed E-state index contributed by atoms with van der Waals surface area (Å²) in [5.41, 5.74) is 4.23. The number of hydrogen-bond acceptors (Lipinski definition) is 4. The molecule has 0 unspecified atom stereocenters. The molecular formula is C33H58O6. The molecular weight excluding hydrogens is 492 g/mol. The second-order valence-electron chi connectivity index (χ2n) is 12.5. The number of phenolic OH excluding ortho intramolecular Hbond substituents is 1. The van der Waals surface area contributed by atoms with Gasteiger partial charge < -0.3 is 20.1 Å². The lowest BCUT2D eigenvalue weighted by molar-refractivity contribution is -0.135. The maximum absolute atomic E-state index is 10.4. The van der Waals surface area contributed by atoms with Crippen LogP contribution in [0.1, 0.15) is 135 Å². The van der Waals surface area contributed by atoms with E-state index in [1.165, 1.54) is 56.9 Å². The standard InChI is InChI=1S/C29H50O2.2C2H4O2/c1-20(2)12-9-13-21(3)14-10-15-22(4)16-11-18-29(8)19-17-26-25(7)27(30)23(5)24(6)28(26)31-29;2*1-2(3)4/h20-22,30H,9-19H2,1-8H3;2*1H3,(H,3,4)/t21-,22-,29-;;/m1../s1. The van der Waals surface area contributed by atoms with E-state index in [0.29, 0.717) is 5.75 Å². The summed E-state index contributed by atoms with van der Waals surface area (Å²) in [6.07, 6.45) is 14.1. The van der Waals surface area contributed by atoms with Crippen LogP contribution in [0, 0.1) is 38.5 Å². The van der Waals surface area contributed by atoms with E-state index in [-0.39, 0.29) is 5.60 Å². The first kappa shape index (κ1) is 36.8. The van der Waals surface area contributed by atoms with Gasteiger partial charge in [0.25, 0.3) is 11.9 Å². The summed E-state index contributed by atoms with van der Waals surface area (Å²) in [6.45, 7) is 20.1. The topological polar surface area (TPSA) is 104 Å². The van der Waals surface area contributed by atoms with Gasteiger partial charge in [-0.15, -0.1) is 0 Å². The molecule has 0 saturated heterocycles. The lowest BCUT2D eigenvalue weighted by atomic mass is 9.84. The van der Waals surface area contributed by atoms with E-state index in [0.717, 1.165) is 73.3 Å². The highest BCUT2D eigenvalue weighted by Gasteiger charge is 2.34. The molecule has 1 aliphatic rings. The van der Waals surface area contributed by atoms with Crippen LogP contribution in [0.15, 0.2) is 0 Å². The number of aliphatic carboxylic acids is 2. The van der Waals surface area contributed by atoms with Crippen molar-refractivity contribution < 1.29 is 29.6 Å². The zero-order chi connectivity index (χ0) is 30.3. The predicted molar refractivity (Wildman–Crippen MR) is 161 cm³/mol. The third-order valence-electron chi connectivity index (χ3n) is 7.87. The summed E-state index contributed by atoms with van der Waals surface area (Å²) in [6, 6.07) is 0. The molecule has 0 aromatic heterocycles. The Morgan fingerprint density at radius 3 is 1.69 bits per heavy atom. The predicted octanol–water partition coefficient (Wildman–Crippen LogP) is 9.02. The average molecular weight is 551 g/mol. The summed E-state index contributed by atoms with van der Waals surface area (Å²) < 4.78 is 6.60. The van der Waals surface area contributed by atoms with Crippen molar-refractivity contribution in [2.75, 3.05) is 0 Å². The van der Waals surface area contributed by atoms with Crippen LogP contribution in [0.5, 0.6) is 11.5 Å². The molecule has 2 rings (SSSR count). The van der Waals surface area contributed by atoms with Gasteiger partial charge in [0.15, 0.2) is 0 Å². The molecule has 0 radical (unpaired) electrons. The number of aromatic hydroxyl groups is 1. The third kappa shape index (κ3) is 15.2. The van der Waals surface area contributed by atoms with E-state index < -0.39 is 11.9 Å². The highest BCUT2D eigenvalue weighted by molar-refractivity contribution is 5.63. The molecule has 1 aromatic rings. The van der Waals surface area contributed by atoms with Gasteiger partial charge >= 0.3 is 0 Å². The first-order valence-corrected chi connectivity index (χ1v) is 14.9. The van der Waals surface area contributed by atoms with Crippen molar-refractivity contribution in [3.8, 4) is 11.5 Å². The quantitative estimate of drug-likeness (QED) is 0.240. The Bertz CT molecular complexity index is 871. The maximum atomic E-state index is 10.4. The fraction of sp³-hybridized carbons (Fsp3) is 0.758. The van der Waals surface area contributed by atoms with Gasteiger partial charge in [0.2, 0.25) is 0 Å². The van der Waals surface area contributed by atoms with Crippen LogP contribution in [0.4, 0.5) is 0 Å². The van der Waals surface area contributed by atoms with E-state index in [9.17, 15) is 5.11 Å². The number of benzene rings is 1. The summed E-state index contributed by atoms with van der Waals surface area (Å²) in [5.74, 6) is 2.37. The van der Waals surface area contributed by atoms with E-state index >= 15 is 0 Å². The first-order chi connectivity index (χ1) is 18.0. The zero-order valence-corrected chi connectivity index (χ0v) is 26.6. The first-order valence-electron chi connectivity index (χ1n) is 14.9. The van der Waals surface area contributed by atoms with E-state index in [1.807, 2.05) is 13.8 Å². The van der Waals surface area contributed by atoms with Crippen molar-refractivity contribution in [3.05, 3.63) is 22.3 Å². The highest BCUT2D eigenvalue weighted by Crippen LogP contribution is 2.44. The van der Waals surface area contributed by atoms with Crippen LogP contribution in [0.25, 0.3) is 0 Å². The molecule has 6 heteroatoms. The molecule has 0 fully saturated rings. The number of carboxylic acid groups (broad SMARTS) is 2. The second-order valence-corrected chi connectivity index (χ2v) is 12.5. The number of fused-ring (bicyclic) bond motifs is 1. The number of carbonyl (C=O) groups is 2. The largest absolute Gasteiger partial charge is 0.507 e. The summed E-state index contributed by atoms with van der Waals surface area (Å²) in [7, 11) is 0. The average Bonchev–Trinajstić information content (AvgIpc) is 2.80. The van der Waals surface area contributed by atoms with Crippen molar-refractivity contribution in [2.45, 2.75) is 145 Å². The Hall–Kier alpha value is -2.24. The van der Waals surface area contributed by atoms with E-state index in [1.54, 1.807) is 0 Å². The normalized spacial score (nSPS) is 17.5. The van der Waals surface area contributed by atoms with Gasteiger partial charge in [-0.05, 0) is 87.8 Å². The molecule has 1 aromatic carbocycles. The Kier molecular flexibility index (Phi) is 17.1. The molecule has 0 aliphatic carbocycles. The van der Waals surface area contributed by atoms with Gasteiger partial charge in [0.05, 0.1) is 0 Å². The molecule has 39 heavy (non-hydrogen) atoms. The number of ether oxygens (including phenoxy) is 1. The van der Waals surface area contributed by atoms with Crippen LogP contribution in [0.2, 0.25) is 0 Å². The van der Waals surface area contributed by atoms with Gasteiger partial charge in [-0.1, -0.05) is 72.6 Å². The van der Waals surface area contributed by atoms with Crippen molar-refractivity contribution in [1.82, 2.24) is 0 Å². The summed E-state index contributed by atoms with van der Waals surface area (Å²) in [4.78, 5) is 18.0. The molecule has 0 spiro atoms. The molecule has 0 bridgehead atoms. The zero-order valence-electron chi connectivity index (χ0n) is 26.6. The molecule has 0 amide bonds. The van der Waals surface area contributed by atoms with Gasteiger partial charge in [-0.25, -0.2) is 0 Å². The Morgan fingerprint density at radius 2 is 1.23 bits per heavy atom. The van der Waals surface area contributed by atoms with Crippen molar-refractivity contribution in [1.29, 1.82) is 0 Å². The Balaban J connectivity index is 0.00000159. The van der Waals surface area contributed by atoms with Crippen LogP contribution in [-0.2, 0) is 16.0 Å². The molecule has 6 nitrogen and oxygen atoms in total. The van der Waals surface area contributed by atoms with Gasteiger partial charge in [-0.2, -0.15) is 0 Å². The summed E-state index contributed by atoms with van der Waals surface area (Å²) >= 11 is 0. The number of hydrogen-bond donors (Lipinski definition) is 3. The molecule has 226 valence electrons. The van der Waals surface area contributed by atoms with E-state index in [4.69, 9.17) is 24.5 Å². The van der Waals surface area contributed by atoms with Gasteiger partial charge in [0.1, 0.15) is 17.1 Å². The van der Waals surface area contributed by atoms with Crippen LogP contribution in [-0.4, -0.2) is 32.9 Å². The minimum Gasteiger partial charge on any atom is -0.507 e. The number of carboxylic acids is 2. The fourth-order valence-electron chi connectivity index (χ4n) is 5.27. The minimum absolute atomic E-state index is 0.0712. The lowest BCUT2D eigenvalue weighted by Gasteiger charge is -2.38. The third-order valence-corrected chi connectivity index (χ3v) is 7.87. The SMILES string of the molecule is CC(=O)O.CC(=O)O.Cc1c(C)c2c(c(C)c1O)CC[C@@](C)(CCC[C@H](C)CCC[C@H](C)CCCC(C)C)O2. The van der Waals surface area contributed by atoms with Gasteiger partial charge in [-0.3, -0.25) is 9.59 Å². The highest BCUT2D eigenvalue weighted by atomic mass is 16.5. The lowest BCUT2D eigenvalue weighted by Crippen LogP contribution is -2.37. The number of rotatable bonds is 12. The number of phenols is 1. The monoisotopic (exact) mass is 550 g/mol. The van der Waals surface area contributed by atoms with Crippen LogP contribution >= 0.6 is 0 Å². The molecule has 1 aliphatic heterocycles. The molecule has 3 N–H and O–H groups in total. The van der Waals surface area contributed by atoms with Gasteiger partial charge in [0, 0.05) is 19.4 Å². The molecule has 3 atom stereocenters. The second kappa shape index (κ2) is 18.2. The van der Waals surface area contributed by atoms with Crippen molar-refractivity contribution >= 4 is 11.9 Å². The Morgan fingerprint density at radius 1 is 0.795 bits per heavy atom. The molecule has 1 heterocycles. The fourth-order valence-corrected chi connectivity index (χ4v) is 5.27.